The van der Waals surface area contributed by atoms with Crippen molar-refractivity contribution in [3.05, 3.63) is 35.5 Å². The Morgan fingerprint density at radius 3 is 2.68 bits per heavy atom. The summed E-state index contributed by atoms with van der Waals surface area (Å²) in [6.07, 6.45) is 8.52. The molecule has 1 aromatic carbocycles. The summed E-state index contributed by atoms with van der Waals surface area (Å²) in [4.78, 5) is 12.5. The van der Waals surface area contributed by atoms with Crippen LogP contribution in [0.5, 0.6) is 11.5 Å². The second kappa shape index (κ2) is 9.09. The number of carbonyl (C=O) groups is 1. The summed E-state index contributed by atoms with van der Waals surface area (Å²) in [7, 11) is 3.14. The van der Waals surface area contributed by atoms with Crippen molar-refractivity contribution in [1.82, 2.24) is 15.5 Å². The van der Waals surface area contributed by atoms with Gasteiger partial charge in [-0.2, -0.15) is 10.4 Å². The average molecular weight is 380 g/mol. The van der Waals surface area contributed by atoms with E-state index in [1.165, 1.54) is 6.42 Å². The van der Waals surface area contributed by atoms with Crippen molar-refractivity contribution in [2.24, 2.45) is 0 Å². The number of H-pyrrole nitrogens is 1. The normalized spacial score (nSPS) is 15.0. The molecule has 7 nitrogen and oxygen atoms in total. The fourth-order valence-corrected chi connectivity index (χ4v) is 3.44. The van der Waals surface area contributed by atoms with E-state index in [2.05, 4.69) is 15.5 Å². The van der Waals surface area contributed by atoms with E-state index in [-0.39, 0.29) is 17.5 Å². The van der Waals surface area contributed by atoms with Crippen LogP contribution in [0.3, 0.4) is 0 Å². The van der Waals surface area contributed by atoms with Gasteiger partial charge in [-0.05, 0) is 37.1 Å². The van der Waals surface area contributed by atoms with Crippen LogP contribution in [0.15, 0.2) is 30.0 Å². The molecular weight excluding hydrogens is 356 g/mol. The zero-order valence-corrected chi connectivity index (χ0v) is 16.1. The fourth-order valence-electron chi connectivity index (χ4n) is 3.44. The van der Waals surface area contributed by atoms with Gasteiger partial charge in [-0.1, -0.05) is 19.3 Å². The highest BCUT2D eigenvalue weighted by atomic mass is 16.5. The summed E-state index contributed by atoms with van der Waals surface area (Å²) in [5, 5.41) is 19.5. The molecule has 1 aliphatic carbocycles. The van der Waals surface area contributed by atoms with E-state index in [4.69, 9.17) is 9.47 Å². The maximum atomic E-state index is 12.5. The molecule has 0 radical (unpaired) electrons. The third kappa shape index (κ3) is 4.34. The number of carbonyl (C=O) groups excluding carboxylic acids is 1. The van der Waals surface area contributed by atoms with Crippen LogP contribution in [0, 0.1) is 11.3 Å². The Morgan fingerprint density at radius 1 is 1.25 bits per heavy atom. The lowest BCUT2D eigenvalue weighted by atomic mass is 9.95. The van der Waals surface area contributed by atoms with Crippen LogP contribution in [-0.2, 0) is 4.79 Å². The molecule has 0 aliphatic heterocycles. The first kappa shape index (κ1) is 19.5. The summed E-state index contributed by atoms with van der Waals surface area (Å²) in [5.41, 5.74) is 2.22. The molecule has 1 heterocycles. The fraction of sp³-hybridized carbons (Fsp3) is 0.381. The van der Waals surface area contributed by atoms with E-state index in [0.29, 0.717) is 22.8 Å². The number of methoxy groups -OCH3 is 2. The number of benzene rings is 1. The molecule has 0 atom stereocenters. The minimum Gasteiger partial charge on any atom is -0.493 e. The molecule has 0 unspecified atom stereocenters. The summed E-state index contributed by atoms with van der Waals surface area (Å²) >= 11 is 0. The average Bonchev–Trinajstić information content (AvgIpc) is 3.20. The molecule has 1 fully saturated rings. The van der Waals surface area contributed by atoms with Gasteiger partial charge >= 0.3 is 0 Å². The molecule has 2 N–H and O–H groups in total. The van der Waals surface area contributed by atoms with Crippen LogP contribution in [0.4, 0.5) is 0 Å². The maximum Gasteiger partial charge on any atom is 0.262 e. The van der Waals surface area contributed by atoms with Crippen LogP contribution in [0.2, 0.25) is 0 Å². The van der Waals surface area contributed by atoms with E-state index in [0.717, 1.165) is 31.2 Å². The molecule has 1 aromatic heterocycles. The van der Waals surface area contributed by atoms with Gasteiger partial charge in [0.25, 0.3) is 5.91 Å². The molecule has 1 saturated carbocycles. The number of hydrogen-bond donors (Lipinski definition) is 2. The maximum absolute atomic E-state index is 12.5. The van der Waals surface area contributed by atoms with Gasteiger partial charge in [0.15, 0.2) is 11.5 Å². The van der Waals surface area contributed by atoms with Crippen LogP contribution in [0.25, 0.3) is 17.3 Å². The standard InChI is InChI=1S/C21H24N4O3/c1-27-18-9-8-14(11-19(18)28-2)20-16(13-23-25-20)10-15(12-22)21(26)24-17-6-4-3-5-7-17/h8-11,13,17H,3-7H2,1-2H3,(H,23,25)(H,24,26). The lowest BCUT2D eigenvalue weighted by Gasteiger charge is -2.22. The number of nitriles is 1. The summed E-state index contributed by atoms with van der Waals surface area (Å²) in [6.45, 7) is 0. The molecular formula is C21H24N4O3. The third-order valence-electron chi connectivity index (χ3n) is 4.95. The van der Waals surface area contributed by atoms with Crippen LogP contribution >= 0.6 is 0 Å². The van der Waals surface area contributed by atoms with Gasteiger partial charge in [-0.3, -0.25) is 9.89 Å². The zero-order valence-electron chi connectivity index (χ0n) is 16.1. The van der Waals surface area contributed by atoms with Gasteiger partial charge in [0.2, 0.25) is 0 Å². The number of hydrogen-bond acceptors (Lipinski definition) is 5. The number of aromatic nitrogens is 2. The SMILES string of the molecule is COc1ccc(-c2[nH]ncc2C=C(C#N)C(=O)NC2CCCCC2)cc1OC. The first-order chi connectivity index (χ1) is 13.7. The number of rotatable bonds is 6. The first-order valence-electron chi connectivity index (χ1n) is 9.34. The van der Waals surface area contributed by atoms with E-state index in [1.54, 1.807) is 32.6 Å². The molecule has 0 spiro atoms. The summed E-state index contributed by atoms with van der Waals surface area (Å²) < 4.78 is 10.6. The molecule has 146 valence electrons. The smallest absolute Gasteiger partial charge is 0.262 e. The molecule has 1 aliphatic rings. The molecule has 2 aromatic rings. The molecule has 0 bridgehead atoms. The Balaban J connectivity index is 1.85. The Labute approximate surface area is 164 Å². The van der Waals surface area contributed by atoms with Gasteiger partial charge in [-0.15, -0.1) is 0 Å². The highest BCUT2D eigenvalue weighted by Gasteiger charge is 2.19. The van der Waals surface area contributed by atoms with Crippen molar-refractivity contribution in [3.8, 4) is 28.8 Å². The first-order valence-corrected chi connectivity index (χ1v) is 9.34. The number of amides is 1. The minimum absolute atomic E-state index is 0.0636. The Bertz CT molecular complexity index is 905. The molecule has 28 heavy (non-hydrogen) atoms. The zero-order chi connectivity index (χ0) is 19.9. The number of nitrogens with one attached hydrogen (secondary N) is 2. The Hall–Kier alpha value is -3.27. The molecule has 3 rings (SSSR count). The summed E-state index contributed by atoms with van der Waals surface area (Å²) in [5.74, 6) is 0.862. The highest BCUT2D eigenvalue weighted by molar-refractivity contribution is 6.02. The van der Waals surface area contributed by atoms with Crippen LogP contribution in [-0.4, -0.2) is 36.4 Å². The van der Waals surface area contributed by atoms with Crippen molar-refractivity contribution in [2.75, 3.05) is 14.2 Å². The van der Waals surface area contributed by atoms with Gasteiger partial charge in [0.05, 0.1) is 26.1 Å². The number of aromatic amines is 1. The monoisotopic (exact) mass is 380 g/mol. The largest absolute Gasteiger partial charge is 0.493 e. The Kier molecular flexibility index (Phi) is 6.33. The second-order valence-electron chi connectivity index (χ2n) is 6.75. The van der Waals surface area contributed by atoms with Crippen molar-refractivity contribution >= 4 is 12.0 Å². The third-order valence-corrected chi connectivity index (χ3v) is 4.95. The quantitative estimate of drug-likeness (QED) is 0.590. The van der Waals surface area contributed by atoms with Gasteiger partial charge < -0.3 is 14.8 Å². The number of ether oxygens (including phenoxy) is 2. The van der Waals surface area contributed by atoms with Crippen LogP contribution < -0.4 is 14.8 Å². The lowest BCUT2D eigenvalue weighted by molar-refractivity contribution is -0.117. The molecule has 1 amide bonds. The predicted molar refractivity (Wildman–Crippen MR) is 106 cm³/mol. The van der Waals surface area contributed by atoms with Crippen molar-refractivity contribution in [1.29, 1.82) is 5.26 Å². The van der Waals surface area contributed by atoms with E-state index >= 15 is 0 Å². The minimum atomic E-state index is -0.339. The van der Waals surface area contributed by atoms with Gasteiger partial charge in [-0.25, -0.2) is 0 Å². The second-order valence-corrected chi connectivity index (χ2v) is 6.75. The predicted octanol–water partition coefficient (Wildman–Crippen LogP) is 3.45. The topological polar surface area (TPSA) is 100 Å². The highest BCUT2D eigenvalue weighted by Crippen LogP contribution is 2.33. The van der Waals surface area contributed by atoms with E-state index in [9.17, 15) is 10.1 Å². The van der Waals surface area contributed by atoms with Gasteiger partial charge in [0.1, 0.15) is 11.6 Å². The lowest BCUT2D eigenvalue weighted by Crippen LogP contribution is -2.36. The van der Waals surface area contributed by atoms with Crippen molar-refractivity contribution in [3.63, 3.8) is 0 Å². The summed E-state index contributed by atoms with van der Waals surface area (Å²) in [6, 6.07) is 7.63. The Morgan fingerprint density at radius 2 is 2.00 bits per heavy atom. The van der Waals surface area contributed by atoms with Crippen LogP contribution in [0.1, 0.15) is 37.7 Å². The van der Waals surface area contributed by atoms with Crippen molar-refractivity contribution < 1.29 is 14.3 Å². The number of nitrogens with zero attached hydrogens (tertiary/aromatic N) is 2. The molecule has 7 heteroatoms. The molecule has 0 saturated heterocycles. The van der Waals surface area contributed by atoms with Gasteiger partial charge in [0, 0.05) is 17.2 Å². The van der Waals surface area contributed by atoms with E-state index < -0.39 is 0 Å². The van der Waals surface area contributed by atoms with Crippen molar-refractivity contribution in [2.45, 2.75) is 38.1 Å². The van der Waals surface area contributed by atoms with E-state index in [1.807, 2.05) is 18.2 Å².